The molecule has 0 aromatic heterocycles. The minimum absolute atomic E-state index is 0.00179. The fourth-order valence-corrected chi connectivity index (χ4v) is 4.78. The van der Waals surface area contributed by atoms with Gasteiger partial charge in [-0.15, -0.1) is 0 Å². The summed E-state index contributed by atoms with van der Waals surface area (Å²) in [5, 5.41) is 3.04. The molecule has 1 saturated heterocycles. The quantitative estimate of drug-likeness (QED) is 0.884. The van der Waals surface area contributed by atoms with Gasteiger partial charge in [0.15, 0.2) is 0 Å². The van der Waals surface area contributed by atoms with E-state index < -0.39 is 11.7 Å². The largest absolute Gasteiger partial charge is 0.416 e. The van der Waals surface area contributed by atoms with Crippen LogP contribution in [0, 0.1) is 5.92 Å². The first-order chi connectivity index (χ1) is 11.4. The van der Waals surface area contributed by atoms with Gasteiger partial charge in [-0.25, -0.2) is 0 Å². The van der Waals surface area contributed by atoms with E-state index >= 15 is 0 Å². The van der Waals surface area contributed by atoms with Crippen molar-refractivity contribution in [2.75, 3.05) is 23.0 Å². The van der Waals surface area contributed by atoms with Crippen molar-refractivity contribution in [3.63, 3.8) is 0 Å². The summed E-state index contributed by atoms with van der Waals surface area (Å²) >= 11 is 1.82. The molecule has 2 aliphatic heterocycles. The molecule has 7 heteroatoms. The van der Waals surface area contributed by atoms with E-state index in [1.807, 2.05) is 11.8 Å². The molecule has 0 spiro atoms. The predicted molar refractivity (Wildman–Crippen MR) is 88.3 cm³/mol. The van der Waals surface area contributed by atoms with Crippen LogP contribution in [0.3, 0.4) is 0 Å². The molecule has 3 nitrogen and oxygen atoms in total. The Balaban J connectivity index is 1.67. The molecule has 1 amide bonds. The number of alkyl halides is 3. The summed E-state index contributed by atoms with van der Waals surface area (Å²) < 4.78 is 39.1. The first-order valence-electron chi connectivity index (χ1n) is 8.28. The maximum atomic E-state index is 13.0. The van der Waals surface area contributed by atoms with Gasteiger partial charge >= 0.3 is 6.18 Å². The Hall–Kier alpha value is -1.37. The highest BCUT2D eigenvalue weighted by molar-refractivity contribution is 7.99. The van der Waals surface area contributed by atoms with Gasteiger partial charge in [0.2, 0.25) is 5.91 Å². The van der Waals surface area contributed by atoms with Gasteiger partial charge in [-0.1, -0.05) is 0 Å². The molecular weight excluding hydrogens is 337 g/mol. The molecule has 3 aliphatic rings. The zero-order valence-electron chi connectivity index (χ0n) is 13.1. The van der Waals surface area contributed by atoms with Crippen LogP contribution in [0.5, 0.6) is 0 Å². The number of carbonyl (C=O) groups is 1. The molecule has 130 valence electrons. The molecule has 1 aromatic carbocycles. The molecule has 1 saturated carbocycles. The van der Waals surface area contributed by atoms with Crippen molar-refractivity contribution in [2.45, 2.75) is 37.5 Å². The number of halogens is 3. The van der Waals surface area contributed by atoms with E-state index in [0.29, 0.717) is 12.0 Å². The maximum absolute atomic E-state index is 13.0. The fourth-order valence-electron chi connectivity index (χ4n) is 3.64. The minimum Gasteiger partial charge on any atom is -0.366 e. The third-order valence-corrected chi connectivity index (χ3v) is 6.09. The third kappa shape index (κ3) is 2.98. The number of nitrogens with one attached hydrogen (secondary N) is 1. The van der Waals surface area contributed by atoms with Crippen molar-refractivity contribution < 1.29 is 18.0 Å². The zero-order valence-corrected chi connectivity index (χ0v) is 13.9. The highest BCUT2D eigenvalue weighted by atomic mass is 32.2. The van der Waals surface area contributed by atoms with E-state index in [9.17, 15) is 18.0 Å². The summed E-state index contributed by atoms with van der Waals surface area (Å²) in [7, 11) is 0. The van der Waals surface area contributed by atoms with Crippen molar-refractivity contribution >= 4 is 23.4 Å². The van der Waals surface area contributed by atoms with Crippen LogP contribution in [0.1, 0.15) is 24.0 Å². The lowest BCUT2D eigenvalue weighted by Gasteiger charge is -2.45. The summed E-state index contributed by atoms with van der Waals surface area (Å²) in [6, 6.07) is 4.31. The SMILES string of the molecule is O=C(NC1CC1)C1Cc2cc(C(F)(F)F)ccc2N2CCSCC12. The van der Waals surface area contributed by atoms with Gasteiger partial charge in [0.05, 0.1) is 11.5 Å². The summed E-state index contributed by atoms with van der Waals surface area (Å²) in [5.74, 6) is 1.52. The molecule has 1 aromatic rings. The maximum Gasteiger partial charge on any atom is 0.416 e. The monoisotopic (exact) mass is 356 g/mol. The Bertz CT molecular complexity index is 660. The van der Waals surface area contributed by atoms with E-state index in [4.69, 9.17) is 0 Å². The molecule has 1 aliphatic carbocycles. The molecule has 4 rings (SSSR count). The molecule has 2 fully saturated rings. The second-order valence-electron chi connectivity index (χ2n) is 6.77. The molecule has 0 radical (unpaired) electrons. The number of fused-ring (bicyclic) bond motifs is 3. The number of amides is 1. The van der Waals surface area contributed by atoms with Crippen LogP contribution in [-0.2, 0) is 17.4 Å². The van der Waals surface area contributed by atoms with Crippen molar-refractivity contribution in [2.24, 2.45) is 5.92 Å². The van der Waals surface area contributed by atoms with Crippen LogP contribution >= 0.6 is 11.8 Å². The molecule has 1 N–H and O–H groups in total. The Labute approximate surface area is 143 Å². The van der Waals surface area contributed by atoms with Gasteiger partial charge in [0.25, 0.3) is 0 Å². The van der Waals surface area contributed by atoms with Crippen LogP contribution in [0.25, 0.3) is 0 Å². The summed E-state index contributed by atoms with van der Waals surface area (Å²) in [6.07, 6.45) is -1.94. The number of thioether (sulfide) groups is 1. The van der Waals surface area contributed by atoms with E-state index in [1.165, 1.54) is 6.07 Å². The normalized spacial score (nSPS) is 26.5. The van der Waals surface area contributed by atoms with E-state index in [2.05, 4.69) is 10.2 Å². The van der Waals surface area contributed by atoms with Crippen molar-refractivity contribution in [3.05, 3.63) is 29.3 Å². The van der Waals surface area contributed by atoms with Gasteiger partial charge in [-0.3, -0.25) is 4.79 Å². The summed E-state index contributed by atoms with van der Waals surface area (Å²) in [4.78, 5) is 14.8. The Morgan fingerprint density at radius 2 is 2.08 bits per heavy atom. The fraction of sp³-hybridized carbons (Fsp3) is 0.588. The van der Waals surface area contributed by atoms with Crippen LogP contribution in [0.2, 0.25) is 0 Å². The van der Waals surface area contributed by atoms with Crippen LogP contribution in [-0.4, -0.2) is 36.0 Å². The van der Waals surface area contributed by atoms with Gasteiger partial charge in [0.1, 0.15) is 0 Å². The third-order valence-electron chi connectivity index (χ3n) is 5.05. The second-order valence-corrected chi connectivity index (χ2v) is 7.92. The number of hydrogen-bond donors (Lipinski definition) is 1. The Morgan fingerprint density at radius 1 is 1.29 bits per heavy atom. The average molecular weight is 356 g/mol. The summed E-state index contributed by atoms with van der Waals surface area (Å²) in [6.45, 7) is 0.779. The van der Waals surface area contributed by atoms with Crippen molar-refractivity contribution in [3.8, 4) is 0 Å². The number of hydrogen-bond acceptors (Lipinski definition) is 3. The lowest BCUT2D eigenvalue weighted by atomic mass is 9.84. The number of nitrogens with zero attached hydrogens (tertiary/aromatic N) is 1. The molecule has 24 heavy (non-hydrogen) atoms. The lowest BCUT2D eigenvalue weighted by Crippen LogP contribution is -2.55. The van der Waals surface area contributed by atoms with Gasteiger partial charge in [0, 0.05) is 35.8 Å². The van der Waals surface area contributed by atoms with E-state index in [1.54, 1.807) is 6.07 Å². The van der Waals surface area contributed by atoms with Crippen LogP contribution < -0.4 is 10.2 Å². The second kappa shape index (κ2) is 5.86. The number of anilines is 1. The van der Waals surface area contributed by atoms with E-state index in [-0.39, 0.29) is 23.9 Å². The lowest BCUT2D eigenvalue weighted by molar-refractivity contribution is -0.137. The smallest absolute Gasteiger partial charge is 0.366 e. The molecular formula is C17H19F3N2OS. The number of carbonyl (C=O) groups excluding carboxylic acids is 1. The molecule has 0 bridgehead atoms. The molecule has 2 heterocycles. The molecule has 2 atom stereocenters. The van der Waals surface area contributed by atoms with Gasteiger partial charge in [-0.05, 0) is 43.0 Å². The standard InChI is InChI=1S/C17H19F3N2OS/c18-17(19,20)11-1-4-14-10(7-11)8-13(16(23)21-12-2-3-12)15-9-24-6-5-22(14)15/h1,4,7,12-13,15H,2-3,5-6,8-9H2,(H,21,23). The predicted octanol–water partition coefficient (Wildman–Crippen LogP) is 3.08. The zero-order chi connectivity index (χ0) is 16.9. The number of benzene rings is 1. The van der Waals surface area contributed by atoms with Crippen LogP contribution in [0.15, 0.2) is 18.2 Å². The summed E-state index contributed by atoms with van der Waals surface area (Å²) in [5.41, 5.74) is 0.875. The first-order valence-corrected chi connectivity index (χ1v) is 9.44. The van der Waals surface area contributed by atoms with Gasteiger partial charge < -0.3 is 10.2 Å². The number of rotatable bonds is 2. The van der Waals surface area contributed by atoms with Crippen molar-refractivity contribution in [1.82, 2.24) is 5.32 Å². The molecule has 2 unspecified atom stereocenters. The van der Waals surface area contributed by atoms with E-state index in [0.717, 1.165) is 42.6 Å². The van der Waals surface area contributed by atoms with Crippen LogP contribution in [0.4, 0.5) is 18.9 Å². The average Bonchev–Trinajstić information content (AvgIpc) is 3.36. The highest BCUT2D eigenvalue weighted by Crippen LogP contribution is 2.41. The highest BCUT2D eigenvalue weighted by Gasteiger charge is 2.42. The van der Waals surface area contributed by atoms with Gasteiger partial charge in [-0.2, -0.15) is 24.9 Å². The topological polar surface area (TPSA) is 32.3 Å². The first kappa shape index (κ1) is 16.1. The Kier molecular flexibility index (Phi) is 3.94. The van der Waals surface area contributed by atoms with Crippen molar-refractivity contribution in [1.29, 1.82) is 0 Å². The minimum atomic E-state index is -4.35. The Morgan fingerprint density at radius 3 is 2.79 bits per heavy atom.